The molecule has 1 aromatic heterocycles. The number of carbonyl (C=O) groups excluding carboxylic acids is 1. The lowest BCUT2D eigenvalue weighted by molar-refractivity contribution is -0.113. The summed E-state index contributed by atoms with van der Waals surface area (Å²) in [5, 5.41) is 13.1. The number of unbranched alkanes of at least 4 members (excludes halogenated alkanes) is 5. The lowest BCUT2D eigenvalue weighted by Gasteiger charge is -2.12. The van der Waals surface area contributed by atoms with Gasteiger partial charge in [0, 0.05) is 28.9 Å². The van der Waals surface area contributed by atoms with Crippen molar-refractivity contribution >= 4 is 35.0 Å². The van der Waals surface area contributed by atoms with Gasteiger partial charge >= 0.3 is 0 Å². The van der Waals surface area contributed by atoms with E-state index in [9.17, 15) is 4.79 Å². The summed E-state index contributed by atoms with van der Waals surface area (Å²) in [5.41, 5.74) is 1.60. The summed E-state index contributed by atoms with van der Waals surface area (Å²) in [6.45, 7) is 3.02. The Bertz CT molecular complexity index is 1090. The van der Waals surface area contributed by atoms with Gasteiger partial charge in [0.05, 0.1) is 20.0 Å². The minimum Gasteiger partial charge on any atom is -0.493 e. The summed E-state index contributed by atoms with van der Waals surface area (Å²) in [6, 6.07) is 12.9. The smallest absolute Gasteiger partial charge is 0.234 e. The number of carbonyl (C=O) groups is 1. The Balaban J connectivity index is 1.67. The summed E-state index contributed by atoms with van der Waals surface area (Å²) < 4.78 is 12.7. The van der Waals surface area contributed by atoms with E-state index in [0.29, 0.717) is 22.2 Å². The maximum atomic E-state index is 12.7. The van der Waals surface area contributed by atoms with E-state index in [-0.39, 0.29) is 11.7 Å². The number of hydrogen-bond donors (Lipinski definition) is 1. The first-order valence-corrected chi connectivity index (χ1v) is 13.3. The topological polar surface area (TPSA) is 78.3 Å². The molecular weight excluding hydrogens is 484 g/mol. The highest BCUT2D eigenvalue weighted by Gasteiger charge is 2.16. The molecule has 0 saturated heterocycles. The lowest BCUT2D eigenvalue weighted by Crippen LogP contribution is -2.15. The third-order valence-electron chi connectivity index (χ3n) is 5.55. The summed E-state index contributed by atoms with van der Waals surface area (Å²) >= 11 is 7.45. The number of aromatic nitrogens is 3. The van der Waals surface area contributed by atoms with Crippen LogP contribution >= 0.6 is 23.4 Å². The van der Waals surface area contributed by atoms with Gasteiger partial charge in [-0.25, -0.2) is 0 Å². The fourth-order valence-corrected chi connectivity index (χ4v) is 4.59. The molecule has 1 amide bonds. The van der Waals surface area contributed by atoms with Gasteiger partial charge in [0.15, 0.2) is 22.5 Å². The molecule has 0 saturated carbocycles. The van der Waals surface area contributed by atoms with Crippen molar-refractivity contribution in [3.63, 3.8) is 0 Å². The van der Waals surface area contributed by atoms with Gasteiger partial charge in [0.2, 0.25) is 5.91 Å². The Hall–Kier alpha value is -2.71. The quantitative estimate of drug-likeness (QED) is 0.189. The lowest BCUT2D eigenvalue weighted by atomic mass is 10.1. The van der Waals surface area contributed by atoms with E-state index in [1.54, 1.807) is 32.4 Å². The highest BCUT2D eigenvalue weighted by molar-refractivity contribution is 7.99. The molecule has 35 heavy (non-hydrogen) atoms. The molecule has 0 aliphatic rings. The molecule has 0 bridgehead atoms. The zero-order chi connectivity index (χ0) is 25.0. The molecule has 3 aromatic rings. The fourth-order valence-electron chi connectivity index (χ4n) is 3.70. The first-order valence-electron chi connectivity index (χ1n) is 11.9. The summed E-state index contributed by atoms with van der Waals surface area (Å²) in [5.74, 6) is 2.04. The number of ether oxygens (including phenoxy) is 2. The number of halogens is 1. The molecule has 1 N–H and O–H groups in total. The SMILES string of the molecule is CCCCCCCCn1c(SCC(=O)Nc2ccc(OC)c(OC)c2)nnc1-c1ccc(Cl)cc1. The molecule has 0 aliphatic heterocycles. The average Bonchev–Trinajstić information content (AvgIpc) is 3.27. The van der Waals surface area contributed by atoms with Crippen molar-refractivity contribution in [2.24, 2.45) is 0 Å². The van der Waals surface area contributed by atoms with Gasteiger partial charge in [0.25, 0.3) is 0 Å². The molecular formula is C26H33ClN4O3S. The number of benzene rings is 2. The van der Waals surface area contributed by atoms with Gasteiger partial charge in [-0.3, -0.25) is 4.79 Å². The Morgan fingerprint density at radius 3 is 2.40 bits per heavy atom. The van der Waals surface area contributed by atoms with E-state index >= 15 is 0 Å². The molecule has 3 rings (SSSR count). The molecule has 188 valence electrons. The number of methoxy groups -OCH3 is 2. The van der Waals surface area contributed by atoms with Crippen LogP contribution in [0.3, 0.4) is 0 Å². The summed E-state index contributed by atoms with van der Waals surface area (Å²) in [7, 11) is 3.14. The summed E-state index contributed by atoms with van der Waals surface area (Å²) in [6.07, 6.45) is 7.19. The van der Waals surface area contributed by atoms with E-state index in [1.165, 1.54) is 37.4 Å². The molecule has 7 nitrogen and oxygen atoms in total. The van der Waals surface area contributed by atoms with Gasteiger partial charge in [-0.05, 0) is 42.8 Å². The zero-order valence-corrected chi connectivity index (χ0v) is 22.1. The Kier molecular flexibility index (Phi) is 10.8. The standard InChI is InChI=1S/C26H33ClN4O3S/c1-4-5-6-7-8-9-16-31-25(19-10-12-20(27)13-11-19)29-30-26(31)35-18-24(32)28-21-14-15-22(33-2)23(17-21)34-3/h10-15,17H,4-9,16,18H2,1-3H3,(H,28,32). The zero-order valence-electron chi connectivity index (χ0n) is 20.6. The molecule has 0 radical (unpaired) electrons. The van der Waals surface area contributed by atoms with E-state index in [4.69, 9.17) is 21.1 Å². The number of anilines is 1. The van der Waals surface area contributed by atoms with Crippen LogP contribution in [0.15, 0.2) is 47.6 Å². The van der Waals surface area contributed by atoms with Crippen molar-refractivity contribution in [2.45, 2.75) is 57.1 Å². The number of nitrogens with one attached hydrogen (secondary N) is 1. The maximum Gasteiger partial charge on any atom is 0.234 e. The normalized spacial score (nSPS) is 10.9. The molecule has 0 aliphatic carbocycles. The van der Waals surface area contributed by atoms with Crippen molar-refractivity contribution in [2.75, 3.05) is 25.3 Å². The van der Waals surface area contributed by atoms with Crippen LogP contribution in [0.4, 0.5) is 5.69 Å². The van der Waals surface area contributed by atoms with Crippen molar-refractivity contribution in [3.8, 4) is 22.9 Å². The van der Waals surface area contributed by atoms with Crippen LogP contribution in [0.5, 0.6) is 11.5 Å². The predicted octanol–water partition coefficient (Wildman–Crippen LogP) is 6.71. The van der Waals surface area contributed by atoms with Crippen LogP contribution in [-0.4, -0.2) is 40.6 Å². The Labute approximate surface area is 216 Å². The minimum absolute atomic E-state index is 0.135. The van der Waals surface area contributed by atoms with Crippen molar-refractivity contribution in [1.29, 1.82) is 0 Å². The third-order valence-corrected chi connectivity index (χ3v) is 6.77. The van der Waals surface area contributed by atoms with Crippen LogP contribution in [0.2, 0.25) is 5.02 Å². The minimum atomic E-state index is -0.135. The number of hydrogen-bond acceptors (Lipinski definition) is 6. The number of thioether (sulfide) groups is 1. The molecule has 0 fully saturated rings. The highest BCUT2D eigenvalue weighted by atomic mass is 35.5. The van der Waals surface area contributed by atoms with Gasteiger partial charge in [-0.2, -0.15) is 0 Å². The van der Waals surface area contributed by atoms with Crippen LogP contribution < -0.4 is 14.8 Å². The average molecular weight is 517 g/mol. The first-order chi connectivity index (χ1) is 17.0. The fraction of sp³-hybridized carbons (Fsp3) is 0.423. The Morgan fingerprint density at radius 2 is 1.69 bits per heavy atom. The van der Waals surface area contributed by atoms with Crippen LogP contribution in [0, 0.1) is 0 Å². The largest absolute Gasteiger partial charge is 0.493 e. The highest BCUT2D eigenvalue weighted by Crippen LogP contribution is 2.30. The van der Waals surface area contributed by atoms with E-state index in [0.717, 1.165) is 35.9 Å². The number of amides is 1. The monoisotopic (exact) mass is 516 g/mol. The van der Waals surface area contributed by atoms with Gasteiger partial charge in [0.1, 0.15) is 0 Å². The Morgan fingerprint density at radius 1 is 0.971 bits per heavy atom. The molecule has 0 spiro atoms. The van der Waals surface area contributed by atoms with Crippen LogP contribution in [0.1, 0.15) is 45.4 Å². The second kappa shape index (κ2) is 14.0. The second-order valence-corrected chi connectivity index (χ2v) is 9.52. The molecule has 9 heteroatoms. The van der Waals surface area contributed by atoms with Gasteiger partial charge in [-0.15, -0.1) is 10.2 Å². The van der Waals surface area contributed by atoms with Crippen LogP contribution in [-0.2, 0) is 11.3 Å². The molecule has 0 atom stereocenters. The summed E-state index contributed by atoms with van der Waals surface area (Å²) in [4.78, 5) is 12.7. The molecule has 2 aromatic carbocycles. The molecule has 0 unspecified atom stereocenters. The molecule has 1 heterocycles. The number of nitrogens with zero attached hydrogens (tertiary/aromatic N) is 3. The maximum absolute atomic E-state index is 12.7. The van der Waals surface area contributed by atoms with E-state index < -0.39 is 0 Å². The van der Waals surface area contributed by atoms with Crippen molar-refractivity contribution in [1.82, 2.24) is 14.8 Å². The second-order valence-electron chi connectivity index (χ2n) is 8.14. The predicted molar refractivity (Wildman–Crippen MR) is 143 cm³/mol. The van der Waals surface area contributed by atoms with Crippen molar-refractivity contribution in [3.05, 3.63) is 47.5 Å². The van der Waals surface area contributed by atoms with E-state index in [2.05, 4.69) is 27.0 Å². The van der Waals surface area contributed by atoms with Gasteiger partial charge < -0.3 is 19.4 Å². The van der Waals surface area contributed by atoms with Gasteiger partial charge in [-0.1, -0.05) is 62.4 Å². The first kappa shape index (κ1) is 26.9. The van der Waals surface area contributed by atoms with E-state index in [1.807, 2.05) is 24.3 Å². The number of rotatable bonds is 14. The van der Waals surface area contributed by atoms with Crippen molar-refractivity contribution < 1.29 is 14.3 Å². The third kappa shape index (κ3) is 7.90. The van der Waals surface area contributed by atoms with Crippen LogP contribution in [0.25, 0.3) is 11.4 Å².